The van der Waals surface area contributed by atoms with Crippen LogP contribution in [-0.2, 0) is 14.4 Å². The van der Waals surface area contributed by atoms with Crippen LogP contribution in [0.1, 0.15) is 78.6 Å². The van der Waals surface area contributed by atoms with E-state index in [-0.39, 0.29) is 18.1 Å². The van der Waals surface area contributed by atoms with Crippen LogP contribution in [0, 0.1) is 11.8 Å². The lowest BCUT2D eigenvalue weighted by Gasteiger charge is -2.27. The molecule has 1 rings (SSSR count). The van der Waals surface area contributed by atoms with Gasteiger partial charge in [-0.2, -0.15) is 0 Å². The Bertz CT molecular complexity index is 428. The van der Waals surface area contributed by atoms with E-state index in [1.54, 1.807) is 0 Å². The Morgan fingerprint density at radius 3 is 2.29 bits per heavy atom. The molecule has 0 spiro atoms. The highest BCUT2D eigenvalue weighted by Gasteiger charge is 2.30. The van der Waals surface area contributed by atoms with Gasteiger partial charge in [0.2, 0.25) is 17.5 Å². The van der Waals surface area contributed by atoms with Crippen LogP contribution >= 0.6 is 0 Å². The van der Waals surface area contributed by atoms with Crippen LogP contribution in [0.4, 0.5) is 0 Å². The number of hydrogen-bond donors (Lipinski definition) is 2. The van der Waals surface area contributed by atoms with Gasteiger partial charge >= 0.3 is 0 Å². The van der Waals surface area contributed by atoms with E-state index in [2.05, 4.69) is 5.32 Å². The fraction of sp³-hybridized carbons (Fsp3) is 0.842. The first-order chi connectivity index (χ1) is 11.3. The van der Waals surface area contributed by atoms with Crippen molar-refractivity contribution in [2.24, 2.45) is 17.6 Å². The van der Waals surface area contributed by atoms with Crippen molar-refractivity contribution in [2.45, 2.75) is 90.6 Å². The van der Waals surface area contributed by atoms with Gasteiger partial charge in [0.05, 0.1) is 12.1 Å². The van der Waals surface area contributed by atoms with Crippen molar-refractivity contribution in [3.05, 3.63) is 0 Å². The van der Waals surface area contributed by atoms with Gasteiger partial charge in [0.25, 0.3) is 0 Å². The van der Waals surface area contributed by atoms with E-state index < -0.39 is 17.9 Å². The molecule has 1 amide bonds. The topological polar surface area (TPSA) is 89.3 Å². The molecule has 3 N–H and O–H groups in total. The molecule has 5 heteroatoms. The Kier molecular flexibility index (Phi) is 9.19. The normalized spacial score (nSPS) is 18.2. The lowest BCUT2D eigenvalue weighted by atomic mass is 9.83. The van der Waals surface area contributed by atoms with Crippen molar-refractivity contribution in [1.82, 2.24) is 5.32 Å². The van der Waals surface area contributed by atoms with E-state index in [1.807, 2.05) is 20.8 Å². The quantitative estimate of drug-likeness (QED) is 0.599. The zero-order valence-electron chi connectivity index (χ0n) is 15.5. The maximum Gasteiger partial charge on any atom is 0.237 e. The third kappa shape index (κ3) is 7.12. The highest BCUT2D eigenvalue weighted by Crippen LogP contribution is 2.27. The predicted octanol–water partition coefficient (Wildman–Crippen LogP) is 2.75. The number of nitrogens with two attached hydrogens (primary N) is 1. The third-order valence-electron chi connectivity index (χ3n) is 4.74. The number of amides is 1. The Labute approximate surface area is 146 Å². The minimum Gasteiger partial charge on any atom is -0.344 e. The van der Waals surface area contributed by atoms with Crippen molar-refractivity contribution in [3.8, 4) is 0 Å². The molecular weight excluding hydrogens is 304 g/mol. The molecule has 1 aliphatic carbocycles. The molecule has 0 aliphatic heterocycles. The largest absolute Gasteiger partial charge is 0.344 e. The Balaban J connectivity index is 2.73. The molecule has 5 nitrogen and oxygen atoms in total. The minimum absolute atomic E-state index is 0.244. The molecule has 0 aromatic rings. The molecule has 0 radical (unpaired) electrons. The summed E-state index contributed by atoms with van der Waals surface area (Å²) in [7, 11) is 0. The van der Waals surface area contributed by atoms with E-state index in [1.165, 1.54) is 6.42 Å². The van der Waals surface area contributed by atoms with E-state index in [0.29, 0.717) is 31.1 Å². The number of nitrogens with one attached hydrogen (secondary N) is 1. The van der Waals surface area contributed by atoms with Crippen molar-refractivity contribution in [3.63, 3.8) is 0 Å². The van der Waals surface area contributed by atoms with Gasteiger partial charge in [-0.1, -0.05) is 52.9 Å². The van der Waals surface area contributed by atoms with Crippen LogP contribution in [0.3, 0.4) is 0 Å². The zero-order valence-corrected chi connectivity index (χ0v) is 15.5. The van der Waals surface area contributed by atoms with Gasteiger partial charge < -0.3 is 11.1 Å². The average Bonchev–Trinajstić information content (AvgIpc) is 2.54. The number of ketones is 2. The smallest absolute Gasteiger partial charge is 0.237 e. The Hall–Kier alpha value is -1.23. The Morgan fingerprint density at radius 2 is 1.75 bits per heavy atom. The van der Waals surface area contributed by atoms with E-state index in [0.717, 1.165) is 25.7 Å². The summed E-state index contributed by atoms with van der Waals surface area (Å²) in [4.78, 5) is 36.8. The maximum atomic E-state index is 12.5. The summed E-state index contributed by atoms with van der Waals surface area (Å²) < 4.78 is 0. The summed E-state index contributed by atoms with van der Waals surface area (Å²) in [6.07, 6.45) is 7.71. The molecule has 0 heterocycles. The fourth-order valence-corrected chi connectivity index (χ4v) is 3.43. The number of Topliss-reactive ketones (excluding diaryl/α,β-unsaturated/α-hetero) is 2. The van der Waals surface area contributed by atoms with E-state index >= 15 is 0 Å². The van der Waals surface area contributed by atoms with Gasteiger partial charge in [-0.3, -0.25) is 14.4 Å². The van der Waals surface area contributed by atoms with Crippen molar-refractivity contribution in [1.29, 1.82) is 0 Å². The third-order valence-corrected chi connectivity index (χ3v) is 4.74. The summed E-state index contributed by atoms with van der Waals surface area (Å²) in [5.41, 5.74) is 5.93. The summed E-state index contributed by atoms with van der Waals surface area (Å²) in [5, 5.41) is 2.77. The second kappa shape index (κ2) is 10.6. The molecule has 2 atom stereocenters. The first kappa shape index (κ1) is 20.8. The Morgan fingerprint density at radius 1 is 1.12 bits per heavy atom. The highest BCUT2D eigenvalue weighted by atomic mass is 16.2. The summed E-state index contributed by atoms with van der Waals surface area (Å²) in [6.45, 7) is 5.88. The SMILES string of the molecule is CCCC(=O)C(=O)C(CC1CCCCC1)NC(=O)[C@@H](N)CC(C)C. The lowest BCUT2D eigenvalue weighted by molar-refractivity contribution is -0.139. The van der Waals surface area contributed by atoms with Gasteiger partial charge in [0.15, 0.2) is 0 Å². The number of carbonyl (C=O) groups excluding carboxylic acids is 3. The molecule has 24 heavy (non-hydrogen) atoms. The molecule has 0 aromatic carbocycles. The zero-order chi connectivity index (χ0) is 18.1. The molecular formula is C19H34N2O3. The molecule has 138 valence electrons. The van der Waals surface area contributed by atoms with Crippen LogP contribution in [0.25, 0.3) is 0 Å². The second-order valence-corrected chi connectivity index (χ2v) is 7.57. The standard InChI is InChI=1S/C19H34N2O3/c1-4-8-17(22)18(23)16(12-14-9-6-5-7-10-14)21-19(24)15(20)11-13(2)3/h13-16H,4-12,20H2,1-3H3,(H,21,24)/t15-,16?/m0/s1. The maximum absolute atomic E-state index is 12.5. The fourth-order valence-electron chi connectivity index (χ4n) is 3.43. The second-order valence-electron chi connectivity index (χ2n) is 7.57. The summed E-state index contributed by atoms with van der Waals surface area (Å²) in [6, 6.07) is -1.34. The summed E-state index contributed by atoms with van der Waals surface area (Å²) in [5.74, 6) is -0.436. The average molecular weight is 338 g/mol. The molecule has 1 fully saturated rings. The monoisotopic (exact) mass is 338 g/mol. The number of rotatable bonds is 10. The van der Waals surface area contributed by atoms with Crippen LogP contribution in [0.2, 0.25) is 0 Å². The molecule has 1 unspecified atom stereocenters. The predicted molar refractivity (Wildman–Crippen MR) is 95.5 cm³/mol. The molecule has 1 aliphatic rings. The molecule has 1 saturated carbocycles. The molecule has 0 aromatic heterocycles. The van der Waals surface area contributed by atoms with Crippen LogP contribution in [0.5, 0.6) is 0 Å². The highest BCUT2D eigenvalue weighted by molar-refractivity contribution is 6.39. The first-order valence-corrected chi connectivity index (χ1v) is 9.48. The molecule has 0 saturated heterocycles. The van der Waals surface area contributed by atoms with Gasteiger partial charge in [0.1, 0.15) is 0 Å². The van der Waals surface area contributed by atoms with Crippen LogP contribution < -0.4 is 11.1 Å². The number of hydrogen-bond acceptors (Lipinski definition) is 4. The lowest BCUT2D eigenvalue weighted by Crippen LogP contribution is -2.51. The minimum atomic E-state index is -0.710. The van der Waals surface area contributed by atoms with Crippen molar-refractivity contribution < 1.29 is 14.4 Å². The van der Waals surface area contributed by atoms with Crippen molar-refractivity contribution in [2.75, 3.05) is 0 Å². The van der Waals surface area contributed by atoms with Gasteiger partial charge in [-0.25, -0.2) is 0 Å². The molecule has 0 bridgehead atoms. The number of carbonyl (C=O) groups is 3. The van der Waals surface area contributed by atoms with Crippen molar-refractivity contribution >= 4 is 17.5 Å². The van der Waals surface area contributed by atoms with E-state index in [4.69, 9.17) is 5.73 Å². The van der Waals surface area contributed by atoms with Gasteiger partial charge in [-0.15, -0.1) is 0 Å². The van der Waals surface area contributed by atoms with Gasteiger partial charge in [-0.05, 0) is 31.1 Å². The van der Waals surface area contributed by atoms with E-state index in [9.17, 15) is 14.4 Å². The first-order valence-electron chi connectivity index (χ1n) is 9.48. The summed E-state index contributed by atoms with van der Waals surface area (Å²) >= 11 is 0. The van der Waals surface area contributed by atoms with Crippen LogP contribution in [0.15, 0.2) is 0 Å². The van der Waals surface area contributed by atoms with Crippen LogP contribution in [-0.4, -0.2) is 29.6 Å². The van der Waals surface area contributed by atoms with Gasteiger partial charge in [0, 0.05) is 6.42 Å².